The van der Waals surface area contributed by atoms with Crippen molar-refractivity contribution in [1.82, 2.24) is 9.88 Å². The summed E-state index contributed by atoms with van der Waals surface area (Å²) in [5, 5.41) is 0. The molecule has 1 aromatic rings. The molecule has 1 unspecified atom stereocenters. The number of nitrogens with two attached hydrogens (primary N) is 1. The summed E-state index contributed by atoms with van der Waals surface area (Å²) in [5.41, 5.74) is 7.54. The first kappa shape index (κ1) is 16.9. The zero-order chi connectivity index (χ0) is 15.2. The van der Waals surface area contributed by atoms with Gasteiger partial charge in [-0.3, -0.25) is 4.98 Å². The van der Waals surface area contributed by atoms with Gasteiger partial charge in [-0.1, -0.05) is 20.8 Å². The highest BCUT2D eigenvalue weighted by Crippen LogP contribution is 2.34. The molecule has 0 aliphatic carbocycles. The largest absolute Gasteiger partial charge is 0.492 e. The number of hydrogen-bond acceptors (Lipinski definition) is 4. The Bertz CT molecular complexity index is 402. The maximum Gasteiger partial charge on any atom is 0.137 e. The van der Waals surface area contributed by atoms with Crippen molar-refractivity contribution in [3.63, 3.8) is 0 Å². The Balaban J connectivity index is 3.03. The first-order valence-electron chi connectivity index (χ1n) is 7.52. The first-order chi connectivity index (χ1) is 9.51. The normalized spacial score (nSPS) is 13.6. The van der Waals surface area contributed by atoms with Crippen molar-refractivity contribution in [1.29, 1.82) is 0 Å². The van der Waals surface area contributed by atoms with E-state index in [9.17, 15) is 0 Å². The quantitative estimate of drug-likeness (QED) is 0.795. The summed E-state index contributed by atoms with van der Waals surface area (Å²) in [6, 6.07) is 1.95. The van der Waals surface area contributed by atoms with Crippen LogP contribution in [0, 0.1) is 0 Å². The Morgan fingerprint density at radius 3 is 2.40 bits per heavy atom. The van der Waals surface area contributed by atoms with Gasteiger partial charge in [0.15, 0.2) is 0 Å². The van der Waals surface area contributed by atoms with Crippen molar-refractivity contribution >= 4 is 0 Å². The third-order valence-corrected chi connectivity index (χ3v) is 4.26. The molecule has 0 saturated heterocycles. The lowest BCUT2D eigenvalue weighted by atomic mass is 9.80. The van der Waals surface area contributed by atoms with Crippen molar-refractivity contribution in [3.8, 4) is 5.75 Å². The van der Waals surface area contributed by atoms with Crippen molar-refractivity contribution in [2.24, 2.45) is 5.73 Å². The molecule has 0 spiro atoms. The van der Waals surface area contributed by atoms with Gasteiger partial charge in [-0.05, 0) is 45.0 Å². The van der Waals surface area contributed by atoms with E-state index in [1.165, 1.54) is 0 Å². The van der Waals surface area contributed by atoms with Crippen molar-refractivity contribution in [2.75, 3.05) is 20.7 Å². The van der Waals surface area contributed by atoms with Gasteiger partial charge in [-0.25, -0.2) is 0 Å². The molecule has 1 heterocycles. The van der Waals surface area contributed by atoms with Crippen LogP contribution >= 0.6 is 0 Å². The number of pyridine rings is 1. The summed E-state index contributed by atoms with van der Waals surface area (Å²) in [6.45, 7) is 7.18. The summed E-state index contributed by atoms with van der Waals surface area (Å²) in [5.74, 6) is 0.805. The van der Waals surface area contributed by atoms with Crippen LogP contribution in [0.4, 0.5) is 0 Å². The molecule has 1 rings (SSSR count). The first-order valence-corrected chi connectivity index (χ1v) is 7.52. The predicted molar refractivity (Wildman–Crippen MR) is 84.0 cm³/mol. The van der Waals surface area contributed by atoms with E-state index in [1.54, 1.807) is 6.20 Å². The summed E-state index contributed by atoms with van der Waals surface area (Å²) < 4.78 is 5.65. The highest BCUT2D eigenvalue weighted by atomic mass is 16.5. The average molecular weight is 279 g/mol. The Morgan fingerprint density at radius 2 is 1.90 bits per heavy atom. The minimum absolute atomic E-state index is 0.0505. The van der Waals surface area contributed by atoms with Crippen LogP contribution < -0.4 is 10.5 Å². The smallest absolute Gasteiger partial charge is 0.137 e. The van der Waals surface area contributed by atoms with Crippen LogP contribution in [0.2, 0.25) is 0 Å². The average Bonchev–Trinajstić information content (AvgIpc) is 2.46. The SMILES string of the molecule is CCCOc1cncc(C(N)C(CC)(CC)N(C)C)c1. The molecule has 0 amide bonds. The zero-order valence-corrected chi connectivity index (χ0v) is 13.5. The molecule has 0 radical (unpaired) electrons. The van der Waals surface area contributed by atoms with E-state index in [4.69, 9.17) is 10.5 Å². The number of ether oxygens (including phenoxy) is 1. The van der Waals surface area contributed by atoms with Crippen LogP contribution in [-0.2, 0) is 0 Å². The second-order valence-corrected chi connectivity index (χ2v) is 5.49. The van der Waals surface area contributed by atoms with Gasteiger partial charge in [0.25, 0.3) is 0 Å². The predicted octanol–water partition coefficient (Wildman–Crippen LogP) is 2.99. The van der Waals surface area contributed by atoms with Crippen LogP contribution in [-0.4, -0.2) is 36.1 Å². The van der Waals surface area contributed by atoms with E-state index < -0.39 is 0 Å². The summed E-state index contributed by atoms with van der Waals surface area (Å²) >= 11 is 0. The number of likely N-dealkylation sites (N-methyl/N-ethyl adjacent to an activating group) is 1. The van der Waals surface area contributed by atoms with Gasteiger partial charge >= 0.3 is 0 Å². The molecule has 0 aliphatic rings. The molecule has 1 aromatic heterocycles. The monoisotopic (exact) mass is 279 g/mol. The second kappa shape index (κ2) is 7.60. The number of nitrogens with zero attached hydrogens (tertiary/aromatic N) is 2. The number of rotatable bonds is 8. The third-order valence-electron chi connectivity index (χ3n) is 4.26. The summed E-state index contributed by atoms with van der Waals surface area (Å²) in [7, 11) is 4.19. The van der Waals surface area contributed by atoms with E-state index in [0.29, 0.717) is 6.61 Å². The minimum atomic E-state index is -0.0785. The summed E-state index contributed by atoms with van der Waals surface area (Å²) in [6.07, 6.45) is 6.59. The van der Waals surface area contributed by atoms with Crippen LogP contribution in [0.3, 0.4) is 0 Å². The lowest BCUT2D eigenvalue weighted by Gasteiger charge is -2.43. The molecule has 20 heavy (non-hydrogen) atoms. The molecule has 0 fully saturated rings. The zero-order valence-electron chi connectivity index (χ0n) is 13.5. The minimum Gasteiger partial charge on any atom is -0.492 e. The maximum absolute atomic E-state index is 6.56. The van der Waals surface area contributed by atoms with Crippen LogP contribution in [0.15, 0.2) is 18.5 Å². The van der Waals surface area contributed by atoms with Crippen molar-refractivity contribution in [3.05, 3.63) is 24.0 Å². The Labute approximate surface area is 123 Å². The maximum atomic E-state index is 6.56. The van der Waals surface area contributed by atoms with Crippen LogP contribution in [0.5, 0.6) is 5.75 Å². The lowest BCUT2D eigenvalue weighted by molar-refractivity contribution is 0.105. The van der Waals surface area contributed by atoms with Crippen molar-refractivity contribution < 1.29 is 4.74 Å². The molecule has 1 atom stereocenters. The van der Waals surface area contributed by atoms with Gasteiger partial charge in [0.2, 0.25) is 0 Å². The van der Waals surface area contributed by atoms with Gasteiger partial charge in [0.1, 0.15) is 5.75 Å². The van der Waals surface area contributed by atoms with Gasteiger partial charge in [-0.15, -0.1) is 0 Å². The van der Waals surface area contributed by atoms with Crippen LogP contribution in [0.1, 0.15) is 51.6 Å². The Hall–Kier alpha value is -1.13. The van der Waals surface area contributed by atoms with E-state index in [0.717, 1.165) is 30.6 Å². The molecule has 2 N–H and O–H groups in total. The highest BCUT2D eigenvalue weighted by Gasteiger charge is 2.36. The fourth-order valence-corrected chi connectivity index (χ4v) is 2.82. The molecule has 4 nitrogen and oxygen atoms in total. The number of aromatic nitrogens is 1. The standard InChI is InChI=1S/C16H29N3O/c1-6-9-20-14-10-13(11-18-12-14)15(17)16(7-2,8-3)19(4)5/h10-12,15H,6-9,17H2,1-5H3. The summed E-state index contributed by atoms with van der Waals surface area (Å²) in [4.78, 5) is 6.51. The fourth-order valence-electron chi connectivity index (χ4n) is 2.82. The van der Waals surface area contributed by atoms with Gasteiger partial charge in [0.05, 0.1) is 12.8 Å². The molecule has 0 aliphatic heterocycles. The molecular formula is C16H29N3O. The lowest BCUT2D eigenvalue weighted by Crippen LogP contribution is -2.51. The molecule has 0 saturated carbocycles. The molecule has 114 valence electrons. The topological polar surface area (TPSA) is 51.4 Å². The van der Waals surface area contributed by atoms with Gasteiger partial charge < -0.3 is 15.4 Å². The molecule has 0 bridgehead atoms. The van der Waals surface area contributed by atoms with E-state index in [1.807, 2.05) is 12.3 Å². The third kappa shape index (κ3) is 3.49. The van der Waals surface area contributed by atoms with Gasteiger partial charge in [-0.2, -0.15) is 0 Å². The van der Waals surface area contributed by atoms with E-state index in [-0.39, 0.29) is 11.6 Å². The van der Waals surface area contributed by atoms with Crippen LogP contribution in [0.25, 0.3) is 0 Å². The Morgan fingerprint density at radius 1 is 1.25 bits per heavy atom. The highest BCUT2D eigenvalue weighted by molar-refractivity contribution is 5.28. The molecular weight excluding hydrogens is 250 g/mol. The second-order valence-electron chi connectivity index (χ2n) is 5.49. The Kier molecular flexibility index (Phi) is 6.43. The van der Waals surface area contributed by atoms with Gasteiger partial charge in [0, 0.05) is 17.8 Å². The molecule has 0 aromatic carbocycles. The fraction of sp³-hybridized carbons (Fsp3) is 0.688. The van der Waals surface area contributed by atoms with E-state index in [2.05, 4.69) is 44.8 Å². The van der Waals surface area contributed by atoms with E-state index >= 15 is 0 Å². The van der Waals surface area contributed by atoms with Crippen molar-refractivity contribution in [2.45, 2.75) is 51.6 Å². The number of hydrogen-bond donors (Lipinski definition) is 1. The molecule has 4 heteroatoms.